The van der Waals surface area contributed by atoms with Gasteiger partial charge in [-0.05, 0) is 44.3 Å². The molecule has 4 N–H and O–H groups in total. The summed E-state index contributed by atoms with van der Waals surface area (Å²) in [6.07, 6.45) is 10.0. The molecular weight excluding hydrogens is 246 g/mol. The van der Waals surface area contributed by atoms with Crippen molar-refractivity contribution in [2.24, 2.45) is 11.8 Å². The fourth-order valence-corrected chi connectivity index (χ4v) is 4.70. The van der Waals surface area contributed by atoms with E-state index in [1.54, 1.807) is 0 Å². The van der Waals surface area contributed by atoms with Gasteiger partial charge >= 0.3 is 0 Å². The molecule has 1 spiro atoms. The lowest BCUT2D eigenvalue weighted by molar-refractivity contribution is -0.182. The van der Waals surface area contributed by atoms with Gasteiger partial charge in [0.2, 0.25) is 0 Å². The van der Waals surface area contributed by atoms with Gasteiger partial charge in [-0.15, -0.1) is 0 Å². The predicted octanol–water partition coefficient (Wildman–Crippen LogP) is 1.63. The first-order valence-electron chi connectivity index (χ1n) is 7.18. The van der Waals surface area contributed by atoms with Crippen LogP contribution >= 0.6 is 12.2 Å². The van der Waals surface area contributed by atoms with Crippen LogP contribution in [0.5, 0.6) is 0 Å². The van der Waals surface area contributed by atoms with Gasteiger partial charge in [0, 0.05) is 11.5 Å². The summed E-state index contributed by atoms with van der Waals surface area (Å²) in [7, 11) is 0. The Balaban J connectivity index is 1.97. The van der Waals surface area contributed by atoms with E-state index in [1.807, 2.05) is 0 Å². The van der Waals surface area contributed by atoms with E-state index in [-0.39, 0.29) is 11.5 Å². The van der Waals surface area contributed by atoms with E-state index in [4.69, 9.17) is 18.1 Å². The Bertz CT molecular complexity index is 356. The predicted molar refractivity (Wildman–Crippen MR) is 74.5 cm³/mol. The van der Waals surface area contributed by atoms with Crippen molar-refractivity contribution in [2.45, 2.75) is 69.1 Å². The summed E-state index contributed by atoms with van der Waals surface area (Å²) < 4.78 is 0. The minimum Gasteiger partial charge on any atom is -0.369 e. The molecule has 3 fully saturated rings. The van der Waals surface area contributed by atoms with Crippen molar-refractivity contribution in [2.75, 3.05) is 0 Å². The molecule has 1 aliphatic heterocycles. The minimum absolute atomic E-state index is 0.000370. The molecule has 0 aromatic carbocycles. The summed E-state index contributed by atoms with van der Waals surface area (Å²) in [5.41, 5.74) is -0.918. The van der Waals surface area contributed by atoms with Crippen LogP contribution in [0.1, 0.15) is 57.8 Å². The van der Waals surface area contributed by atoms with Crippen molar-refractivity contribution in [3.8, 4) is 0 Å². The molecular formula is C13H23N3OS. The fourth-order valence-electron chi connectivity index (χ4n) is 4.34. The van der Waals surface area contributed by atoms with Crippen molar-refractivity contribution >= 4 is 17.3 Å². The molecule has 0 unspecified atom stereocenters. The number of hydrogen-bond donors (Lipinski definition) is 3. The maximum Gasteiger partial charge on any atom is 0.186 e. The third kappa shape index (κ3) is 1.67. The average Bonchev–Trinajstić information content (AvgIpc) is 2.38. The van der Waals surface area contributed by atoms with Gasteiger partial charge in [0.25, 0.3) is 0 Å². The highest BCUT2D eigenvalue weighted by Gasteiger charge is 2.58. The second-order valence-corrected chi connectivity index (χ2v) is 6.58. The molecule has 3 aliphatic rings. The summed E-state index contributed by atoms with van der Waals surface area (Å²) in [6.45, 7) is 0. The van der Waals surface area contributed by atoms with Crippen molar-refractivity contribution in [1.82, 2.24) is 10.3 Å². The Hall–Kier alpha value is -0.390. The SMILES string of the molecule is NN1C(=S)NC2(CCCCC2)[C@H]2CCCC[C@]21O. The van der Waals surface area contributed by atoms with Gasteiger partial charge in [0.15, 0.2) is 10.8 Å². The number of nitrogens with one attached hydrogen (secondary N) is 1. The van der Waals surface area contributed by atoms with E-state index in [2.05, 4.69) is 5.32 Å². The lowest BCUT2D eigenvalue weighted by Gasteiger charge is -2.60. The van der Waals surface area contributed by atoms with E-state index < -0.39 is 5.72 Å². The molecule has 1 heterocycles. The second-order valence-electron chi connectivity index (χ2n) is 6.19. The zero-order valence-electron chi connectivity index (χ0n) is 10.8. The monoisotopic (exact) mass is 269 g/mol. The maximum atomic E-state index is 11.0. The summed E-state index contributed by atoms with van der Waals surface area (Å²) in [5, 5.41) is 16.4. The van der Waals surface area contributed by atoms with Crippen molar-refractivity contribution < 1.29 is 5.11 Å². The van der Waals surface area contributed by atoms with Gasteiger partial charge in [-0.1, -0.05) is 25.7 Å². The van der Waals surface area contributed by atoms with Crippen LogP contribution < -0.4 is 11.2 Å². The van der Waals surface area contributed by atoms with Crippen LogP contribution in [0.4, 0.5) is 0 Å². The van der Waals surface area contributed by atoms with Crippen LogP contribution in [0, 0.1) is 5.92 Å². The number of hydrogen-bond acceptors (Lipinski definition) is 3. The zero-order chi connectivity index (χ0) is 12.8. The van der Waals surface area contributed by atoms with Crippen LogP contribution in [0.15, 0.2) is 0 Å². The number of hydrazine groups is 1. The summed E-state index contributed by atoms with van der Waals surface area (Å²) in [6, 6.07) is 0. The number of rotatable bonds is 0. The van der Waals surface area contributed by atoms with Gasteiger partial charge in [-0.3, -0.25) is 5.01 Å². The van der Waals surface area contributed by atoms with Crippen LogP contribution in [-0.2, 0) is 0 Å². The van der Waals surface area contributed by atoms with Crippen molar-refractivity contribution in [1.29, 1.82) is 0 Å². The van der Waals surface area contributed by atoms with E-state index in [0.29, 0.717) is 5.11 Å². The molecule has 2 atom stereocenters. The number of nitrogens with zero attached hydrogens (tertiary/aromatic N) is 1. The molecule has 5 heteroatoms. The Morgan fingerprint density at radius 3 is 2.56 bits per heavy atom. The standard InChI is InChI=1S/C13H23N3OS/c14-16-11(18)15-12(7-3-1-4-8-12)10-6-2-5-9-13(10,16)17/h10,17H,1-9,14H2,(H,15,18)/t10-,13+/m1/s1. The molecule has 3 rings (SSSR count). The van der Waals surface area contributed by atoms with Gasteiger partial charge < -0.3 is 10.4 Å². The van der Waals surface area contributed by atoms with E-state index in [1.165, 1.54) is 30.7 Å². The Morgan fingerprint density at radius 2 is 1.83 bits per heavy atom. The molecule has 0 amide bonds. The first-order valence-corrected chi connectivity index (χ1v) is 7.59. The smallest absolute Gasteiger partial charge is 0.186 e. The Kier molecular flexibility index (Phi) is 3.03. The van der Waals surface area contributed by atoms with Crippen LogP contribution in [0.3, 0.4) is 0 Å². The molecule has 4 nitrogen and oxygen atoms in total. The highest BCUT2D eigenvalue weighted by molar-refractivity contribution is 7.80. The number of nitrogens with two attached hydrogens (primary N) is 1. The number of aliphatic hydroxyl groups is 1. The van der Waals surface area contributed by atoms with Crippen molar-refractivity contribution in [3.63, 3.8) is 0 Å². The molecule has 0 aromatic rings. The normalized spacial score (nSPS) is 39.3. The first-order chi connectivity index (χ1) is 8.58. The largest absolute Gasteiger partial charge is 0.369 e. The van der Waals surface area contributed by atoms with Crippen LogP contribution in [-0.4, -0.2) is 26.5 Å². The van der Waals surface area contributed by atoms with Gasteiger partial charge in [0.05, 0.1) is 0 Å². The van der Waals surface area contributed by atoms with Crippen LogP contribution in [0.2, 0.25) is 0 Å². The Labute approximate surface area is 114 Å². The molecule has 102 valence electrons. The van der Waals surface area contributed by atoms with Crippen LogP contribution in [0.25, 0.3) is 0 Å². The Morgan fingerprint density at radius 1 is 1.17 bits per heavy atom. The number of fused-ring (bicyclic) bond motifs is 2. The lowest BCUT2D eigenvalue weighted by atomic mass is 9.62. The van der Waals surface area contributed by atoms with E-state index >= 15 is 0 Å². The summed E-state index contributed by atoms with van der Waals surface area (Å²) in [4.78, 5) is 0. The maximum absolute atomic E-state index is 11.0. The quantitative estimate of drug-likeness (QED) is 0.461. The lowest BCUT2D eigenvalue weighted by Crippen LogP contribution is -2.77. The molecule has 2 aliphatic carbocycles. The molecule has 18 heavy (non-hydrogen) atoms. The molecule has 0 aromatic heterocycles. The molecule has 1 saturated heterocycles. The summed E-state index contributed by atoms with van der Waals surface area (Å²) in [5.74, 6) is 6.26. The van der Waals surface area contributed by atoms with E-state index in [0.717, 1.165) is 32.1 Å². The van der Waals surface area contributed by atoms with Gasteiger partial charge in [-0.2, -0.15) is 0 Å². The van der Waals surface area contributed by atoms with Gasteiger partial charge in [0.1, 0.15) is 0 Å². The number of thiocarbonyl (C=S) groups is 1. The first kappa shape index (κ1) is 12.6. The van der Waals surface area contributed by atoms with E-state index in [9.17, 15) is 5.11 Å². The molecule has 0 radical (unpaired) electrons. The van der Waals surface area contributed by atoms with Crippen molar-refractivity contribution in [3.05, 3.63) is 0 Å². The zero-order valence-corrected chi connectivity index (χ0v) is 11.6. The third-order valence-corrected chi connectivity index (χ3v) is 5.55. The average molecular weight is 269 g/mol. The topological polar surface area (TPSA) is 61.5 Å². The molecule has 0 bridgehead atoms. The second kappa shape index (κ2) is 4.32. The highest BCUT2D eigenvalue weighted by atomic mass is 32.1. The fraction of sp³-hybridized carbons (Fsp3) is 0.923. The highest BCUT2D eigenvalue weighted by Crippen LogP contribution is 2.49. The minimum atomic E-state index is -0.919. The third-order valence-electron chi connectivity index (χ3n) is 5.25. The summed E-state index contributed by atoms with van der Waals surface area (Å²) >= 11 is 5.35. The van der Waals surface area contributed by atoms with Gasteiger partial charge in [-0.25, -0.2) is 5.84 Å². The molecule has 2 saturated carbocycles.